The van der Waals surface area contributed by atoms with Gasteiger partial charge in [-0.15, -0.1) is 0 Å². The molecule has 1 atom stereocenters. The lowest BCUT2D eigenvalue weighted by molar-refractivity contribution is -0.206. The van der Waals surface area contributed by atoms with Crippen LogP contribution in [0.4, 0.5) is 13.2 Å². The molecule has 0 unspecified atom stereocenters. The molecule has 0 aliphatic heterocycles. The van der Waals surface area contributed by atoms with Gasteiger partial charge in [-0.2, -0.15) is 13.2 Å². The van der Waals surface area contributed by atoms with E-state index in [1.165, 1.54) is 44.2 Å². The van der Waals surface area contributed by atoms with Crippen molar-refractivity contribution < 1.29 is 37.0 Å². The Morgan fingerprint density at radius 1 is 0.674 bits per heavy atom. The summed E-state index contributed by atoms with van der Waals surface area (Å²) in [4.78, 5) is 29.0. The molecule has 3 aromatic rings. The van der Waals surface area contributed by atoms with Gasteiger partial charge >= 0.3 is 18.1 Å². The molecular weight excluding hydrogens is 595 g/mol. The molecule has 0 saturated carbocycles. The molecule has 250 valence electrons. The van der Waals surface area contributed by atoms with Crippen LogP contribution in [0.1, 0.15) is 118 Å². The number of aromatic nitrogens is 1. The maximum absolute atomic E-state index is 13.5. The van der Waals surface area contributed by atoms with Crippen LogP contribution < -0.4 is 9.47 Å². The van der Waals surface area contributed by atoms with E-state index in [2.05, 4.69) is 18.8 Å². The van der Waals surface area contributed by atoms with Crippen LogP contribution in [0, 0.1) is 0 Å². The van der Waals surface area contributed by atoms with Crippen LogP contribution >= 0.6 is 0 Å². The third kappa shape index (κ3) is 12.9. The van der Waals surface area contributed by atoms with Gasteiger partial charge in [0, 0.05) is 12.3 Å². The molecule has 0 saturated heterocycles. The van der Waals surface area contributed by atoms with E-state index in [1.807, 2.05) is 24.3 Å². The molecular formula is C37H46F3NO5. The van der Waals surface area contributed by atoms with Gasteiger partial charge in [-0.1, -0.05) is 102 Å². The fourth-order valence-electron chi connectivity index (χ4n) is 4.93. The molecule has 0 N–H and O–H groups in total. The molecule has 46 heavy (non-hydrogen) atoms. The third-order valence-corrected chi connectivity index (χ3v) is 7.68. The van der Waals surface area contributed by atoms with Crippen LogP contribution in [-0.2, 0) is 4.74 Å². The van der Waals surface area contributed by atoms with Crippen LogP contribution in [0.3, 0.4) is 0 Å². The quantitative estimate of drug-likeness (QED) is 0.0903. The van der Waals surface area contributed by atoms with Gasteiger partial charge < -0.3 is 14.2 Å². The maximum atomic E-state index is 13.5. The van der Waals surface area contributed by atoms with Crippen molar-refractivity contribution >= 4 is 11.9 Å². The highest BCUT2D eigenvalue weighted by Gasteiger charge is 2.42. The van der Waals surface area contributed by atoms with E-state index >= 15 is 0 Å². The van der Waals surface area contributed by atoms with Crippen molar-refractivity contribution in [3.8, 4) is 22.8 Å². The second-order valence-corrected chi connectivity index (χ2v) is 11.5. The molecule has 0 aliphatic carbocycles. The molecule has 1 heterocycles. The minimum absolute atomic E-state index is 0.0957. The fourth-order valence-corrected chi connectivity index (χ4v) is 4.93. The molecule has 2 aromatic carbocycles. The summed E-state index contributed by atoms with van der Waals surface area (Å²) < 4.78 is 56.3. The van der Waals surface area contributed by atoms with Crippen molar-refractivity contribution in [3.63, 3.8) is 0 Å². The average molecular weight is 642 g/mol. The molecule has 9 heteroatoms. The third-order valence-electron chi connectivity index (χ3n) is 7.68. The first-order chi connectivity index (χ1) is 22.2. The number of carbonyl (C=O) groups is 2. The summed E-state index contributed by atoms with van der Waals surface area (Å²) in [6.45, 7) is 4.97. The Balaban J connectivity index is 1.47. The molecule has 3 rings (SSSR count). The Morgan fingerprint density at radius 2 is 1.22 bits per heavy atom. The molecule has 0 radical (unpaired) electrons. The van der Waals surface area contributed by atoms with Gasteiger partial charge in [0.05, 0.1) is 17.7 Å². The van der Waals surface area contributed by atoms with Gasteiger partial charge in [-0.05, 0) is 60.7 Å². The van der Waals surface area contributed by atoms with E-state index in [0.717, 1.165) is 55.2 Å². The number of carbonyl (C=O) groups excluding carboxylic acids is 2. The maximum Gasteiger partial charge on any atom is 0.425 e. The molecule has 6 nitrogen and oxygen atoms in total. The molecule has 0 aliphatic rings. The molecule has 0 spiro atoms. The zero-order valence-corrected chi connectivity index (χ0v) is 27.0. The summed E-state index contributed by atoms with van der Waals surface area (Å²) in [6, 6.07) is 17.1. The van der Waals surface area contributed by atoms with Crippen molar-refractivity contribution in [2.75, 3.05) is 6.61 Å². The number of benzene rings is 2. The van der Waals surface area contributed by atoms with E-state index < -0.39 is 24.2 Å². The van der Waals surface area contributed by atoms with Crippen molar-refractivity contribution in [3.05, 3.63) is 78.0 Å². The second kappa shape index (κ2) is 19.6. The standard InChI is InChI=1S/C37H46F3NO5/c1-3-5-7-9-11-13-15-33(37(38,39)40)45-36(43)31-22-25-34(41-27-31)46-35(42)30-18-16-28(17-19-30)29-20-23-32(24-21-29)44-26-14-12-10-8-6-4-2/h16-25,27,33H,3-15,26H2,1-2H3/t33-/m0/s1. The highest BCUT2D eigenvalue weighted by atomic mass is 19.4. The van der Waals surface area contributed by atoms with Crippen molar-refractivity contribution in [2.45, 2.75) is 110 Å². The van der Waals surface area contributed by atoms with Gasteiger partial charge in [0.2, 0.25) is 5.88 Å². The van der Waals surface area contributed by atoms with E-state index in [1.54, 1.807) is 24.3 Å². The number of pyridine rings is 1. The average Bonchev–Trinajstić information content (AvgIpc) is 3.05. The van der Waals surface area contributed by atoms with Crippen LogP contribution in [0.5, 0.6) is 11.6 Å². The smallest absolute Gasteiger partial charge is 0.425 e. The Labute approximate surface area is 270 Å². The first kappa shape index (κ1) is 36.6. The lowest BCUT2D eigenvalue weighted by Crippen LogP contribution is -2.33. The Morgan fingerprint density at radius 3 is 1.78 bits per heavy atom. The lowest BCUT2D eigenvalue weighted by Gasteiger charge is -2.20. The van der Waals surface area contributed by atoms with E-state index in [9.17, 15) is 22.8 Å². The number of rotatable bonds is 20. The van der Waals surface area contributed by atoms with Gasteiger partial charge in [0.25, 0.3) is 0 Å². The summed E-state index contributed by atoms with van der Waals surface area (Å²) in [6.07, 6.45) is 6.04. The SMILES string of the molecule is CCCCCCCCOc1ccc(-c2ccc(C(=O)Oc3ccc(C(=O)O[C@@H](CCCCCCCC)C(F)(F)F)cn3)cc2)cc1. The van der Waals surface area contributed by atoms with Gasteiger partial charge in [0.1, 0.15) is 5.75 Å². The van der Waals surface area contributed by atoms with Crippen molar-refractivity contribution in [1.82, 2.24) is 4.98 Å². The van der Waals surface area contributed by atoms with Crippen LogP contribution in [-0.4, -0.2) is 35.8 Å². The summed E-state index contributed by atoms with van der Waals surface area (Å²) in [7, 11) is 0. The number of hydrogen-bond acceptors (Lipinski definition) is 6. The summed E-state index contributed by atoms with van der Waals surface area (Å²) in [5.41, 5.74) is 2.00. The van der Waals surface area contributed by atoms with E-state index in [-0.39, 0.29) is 23.4 Å². The molecule has 0 fully saturated rings. The van der Waals surface area contributed by atoms with Crippen molar-refractivity contribution in [2.24, 2.45) is 0 Å². The zero-order chi connectivity index (χ0) is 33.2. The van der Waals surface area contributed by atoms with Gasteiger partial charge in [-0.25, -0.2) is 14.6 Å². The number of nitrogens with zero attached hydrogens (tertiary/aromatic N) is 1. The summed E-state index contributed by atoms with van der Waals surface area (Å²) in [5.74, 6) is -1.07. The van der Waals surface area contributed by atoms with Crippen LogP contribution in [0.25, 0.3) is 11.1 Å². The molecule has 0 amide bonds. The van der Waals surface area contributed by atoms with Gasteiger partial charge in [-0.3, -0.25) is 0 Å². The minimum Gasteiger partial charge on any atom is -0.494 e. The number of esters is 2. The van der Waals surface area contributed by atoms with Crippen molar-refractivity contribution in [1.29, 1.82) is 0 Å². The monoisotopic (exact) mass is 641 g/mol. The molecule has 0 bridgehead atoms. The Bertz CT molecular complexity index is 1310. The fraction of sp³-hybridized carbons (Fsp3) is 0.486. The van der Waals surface area contributed by atoms with Gasteiger partial charge in [0.15, 0.2) is 6.10 Å². The Kier molecular flexibility index (Phi) is 15.6. The van der Waals surface area contributed by atoms with E-state index in [4.69, 9.17) is 14.2 Å². The molecule has 1 aromatic heterocycles. The normalized spacial score (nSPS) is 12.0. The highest BCUT2D eigenvalue weighted by Crippen LogP contribution is 2.28. The number of ether oxygens (including phenoxy) is 3. The number of alkyl halides is 3. The highest BCUT2D eigenvalue weighted by molar-refractivity contribution is 5.92. The summed E-state index contributed by atoms with van der Waals surface area (Å²) >= 11 is 0. The second-order valence-electron chi connectivity index (χ2n) is 11.5. The largest absolute Gasteiger partial charge is 0.494 e. The minimum atomic E-state index is -4.66. The number of halogens is 3. The lowest BCUT2D eigenvalue weighted by atomic mass is 10.0. The first-order valence-corrected chi connectivity index (χ1v) is 16.5. The summed E-state index contributed by atoms with van der Waals surface area (Å²) in [5, 5.41) is 0. The Hall–Kier alpha value is -3.88. The van der Waals surface area contributed by atoms with Crippen LogP contribution in [0.15, 0.2) is 66.9 Å². The van der Waals surface area contributed by atoms with Crippen LogP contribution in [0.2, 0.25) is 0 Å². The van der Waals surface area contributed by atoms with E-state index in [0.29, 0.717) is 19.4 Å². The predicted molar refractivity (Wildman–Crippen MR) is 173 cm³/mol. The zero-order valence-electron chi connectivity index (χ0n) is 27.0. The first-order valence-electron chi connectivity index (χ1n) is 16.5. The number of hydrogen-bond donors (Lipinski definition) is 0. The number of unbranched alkanes of at least 4 members (excludes halogenated alkanes) is 10. The topological polar surface area (TPSA) is 74.7 Å². The predicted octanol–water partition coefficient (Wildman–Crippen LogP) is 10.5.